The topological polar surface area (TPSA) is 30.9 Å². The van der Waals surface area contributed by atoms with E-state index in [1.165, 1.54) is 0 Å². The third-order valence-corrected chi connectivity index (χ3v) is 9.57. The van der Waals surface area contributed by atoms with Crippen molar-refractivity contribution in [3.05, 3.63) is 18.2 Å². The van der Waals surface area contributed by atoms with Crippen LogP contribution in [-0.4, -0.2) is 42.2 Å². The van der Waals surface area contributed by atoms with Crippen molar-refractivity contribution >= 4 is 14.0 Å². The molecule has 0 radical (unpaired) electrons. The highest BCUT2D eigenvalue weighted by Crippen LogP contribution is 2.37. The van der Waals surface area contributed by atoms with Crippen molar-refractivity contribution in [1.29, 1.82) is 0 Å². The Morgan fingerprint density at radius 2 is 1.50 bits per heavy atom. The summed E-state index contributed by atoms with van der Waals surface area (Å²) in [7, 11) is 1.61. The average molecular weight is 382 g/mol. The average Bonchev–Trinajstić information content (AvgIpc) is 2.50. The molecule has 4 nitrogen and oxygen atoms in total. The highest BCUT2D eigenvalue weighted by Gasteiger charge is 2.37. The lowest BCUT2D eigenvalue weighted by Gasteiger charge is -2.38. The van der Waals surface area contributed by atoms with Gasteiger partial charge in [0.05, 0.1) is 20.8 Å². The molecule has 0 aliphatic heterocycles. The van der Waals surface area contributed by atoms with Crippen molar-refractivity contribution in [1.82, 2.24) is 0 Å². The van der Waals surface area contributed by atoms with Crippen LogP contribution in [0.5, 0.6) is 11.5 Å². The zero-order chi connectivity index (χ0) is 20.2. The number of ether oxygens (including phenoxy) is 2. The Bertz CT molecular complexity index is 574. The molecule has 1 rings (SSSR count). The molecule has 0 N–H and O–H groups in total. The van der Waals surface area contributed by atoms with Gasteiger partial charge in [0.2, 0.25) is 0 Å². The predicted molar refractivity (Wildman–Crippen MR) is 114 cm³/mol. The fourth-order valence-electron chi connectivity index (χ4n) is 2.52. The van der Waals surface area contributed by atoms with Crippen LogP contribution in [0, 0.1) is 5.41 Å². The molecule has 0 fully saturated rings. The number of hydrogen-bond acceptors (Lipinski definition) is 4. The Hall–Kier alpha value is -1.20. The van der Waals surface area contributed by atoms with Gasteiger partial charge in [0.25, 0.3) is 0 Å². The van der Waals surface area contributed by atoms with Gasteiger partial charge < -0.3 is 18.8 Å². The number of anilines is 1. The fourth-order valence-corrected chi connectivity index (χ4v) is 3.56. The summed E-state index contributed by atoms with van der Waals surface area (Å²) in [6, 6.07) is 6.12. The Morgan fingerprint density at radius 3 is 1.96 bits per heavy atom. The highest BCUT2D eigenvalue weighted by atomic mass is 28.4. The molecule has 0 aliphatic carbocycles. The minimum Gasteiger partial charge on any atom is -0.493 e. The molecular formula is C21H39NO3Si. The van der Waals surface area contributed by atoms with Crippen LogP contribution >= 0.6 is 0 Å². The first kappa shape index (κ1) is 22.8. The SMILES string of the molecule is COc1ccc(N(CCO[Si](C)(C)C(C)(C)C)CC(C)(C)C)cc1OC. The van der Waals surface area contributed by atoms with Gasteiger partial charge in [-0.2, -0.15) is 0 Å². The standard InChI is InChI=1S/C21H39NO3Si/c1-20(2,3)16-22(13-14-25-26(9,10)21(4,5)6)17-11-12-18(23-7)19(15-17)24-8/h11-12,15H,13-14,16H2,1-10H3. The van der Waals surface area contributed by atoms with E-state index in [-0.39, 0.29) is 10.5 Å². The quantitative estimate of drug-likeness (QED) is 0.550. The van der Waals surface area contributed by atoms with Gasteiger partial charge in [-0.25, -0.2) is 0 Å². The van der Waals surface area contributed by atoms with Crippen LogP contribution in [0.4, 0.5) is 5.69 Å². The first-order valence-corrected chi connectivity index (χ1v) is 12.3. The predicted octanol–water partition coefficient (Wildman–Crippen LogP) is 5.58. The summed E-state index contributed by atoms with van der Waals surface area (Å²) in [6.45, 7) is 20.8. The van der Waals surface area contributed by atoms with Gasteiger partial charge in [0.1, 0.15) is 0 Å². The second kappa shape index (κ2) is 8.66. The summed E-state index contributed by atoms with van der Waals surface area (Å²) >= 11 is 0. The van der Waals surface area contributed by atoms with Crippen LogP contribution in [-0.2, 0) is 4.43 Å². The van der Waals surface area contributed by atoms with Crippen LogP contribution in [0.25, 0.3) is 0 Å². The zero-order valence-electron chi connectivity index (χ0n) is 18.5. The smallest absolute Gasteiger partial charge is 0.192 e. The van der Waals surface area contributed by atoms with E-state index < -0.39 is 8.32 Å². The molecule has 0 unspecified atom stereocenters. The zero-order valence-corrected chi connectivity index (χ0v) is 19.5. The van der Waals surface area contributed by atoms with E-state index in [2.05, 4.69) is 71.7 Å². The first-order chi connectivity index (χ1) is 11.8. The summed E-state index contributed by atoms with van der Waals surface area (Å²) in [6.07, 6.45) is 0. The number of rotatable bonds is 8. The molecule has 0 atom stereocenters. The maximum Gasteiger partial charge on any atom is 0.192 e. The van der Waals surface area contributed by atoms with Crippen LogP contribution < -0.4 is 14.4 Å². The van der Waals surface area contributed by atoms with E-state index in [0.717, 1.165) is 36.9 Å². The van der Waals surface area contributed by atoms with Gasteiger partial charge in [0, 0.05) is 24.8 Å². The van der Waals surface area contributed by atoms with E-state index in [1.807, 2.05) is 6.07 Å². The Labute approximate surface area is 162 Å². The van der Waals surface area contributed by atoms with Crippen molar-refractivity contribution in [3.63, 3.8) is 0 Å². The Balaban J connectivity index is 2.96. The summed E-state index contributed by atoms with van der Waals surface area (Å²) < 4.78 is 17.3. The molecule has 0 aromatic heterocycles. The van der Waals surface area contributed by atoms with Gasteiger partial charge in [-0.1, -0.05) is 41.5 Å². The molecule has 1 aromatic carbocycles. The minimum atomic E-state index is -1.74. The molecule has 0 aliphatic rings. The van der Waals surface area contributed by atoms with Gasteiger partial charge in [-0.3, -0.25) is 0 Å². The molecule has 0 amide bonds. The molecule has 0 saturated carbocycles. The van der Waals surface area contributed by atoms with Crippen molar-refractivity contribution in [2.75, 3.05) is 38.8 Å². The van der Waals surface area contributed by atoms with E-state index >= 15 is 0 Å². The molecule has 5 heteroatoms. The van der Waals surface area contributed by atoms with E-state index in [1.54, 1.807) is 14.2 Å². The second-order valence-corrected chi connectivity index (χ2v) is 14.4. The lowest BCUT2D eigenvalue weighted by Crippen LogP contribution is -2.43. The van der Waals surface area contributed by atoms with Gasteiger partial charge >= 0.3 is 0 Å². The van der Waals surface area contributed by atoms with Gasteiger partial charge in [0.15, 0.2) is 19.8 Å². The molecule has 0 heterocycles. The summed E-state index contributed by atoms with van der Waals surface area (Å²) in [5, 5.41) is 0.227. The molecule has 26 heavy (non-hydrogen) atoms. The van der Waals surface area contributed by atoms with E-state index in [9.17, 15) is 0 Å². The van der Waals surface area contributed by atoms with Crippen molar-refractivity contribution in [3.8, 4) is 11.5 Å². The normalized spacial score (nSPS) is 12.8. The van der Waals surface area contributed by atoms with Crippen molar-refractivity contribution < 1.29 is 13.9 Å². The largest absolute Gasteiger partial charge is 0.493 e. The first-order valence-electron chi connectivity index (χ1n) is 9.42. The molecule has 150 valence electrons. The number of benzene rings is 1. The monoisotopic (exact) mass is 381 g/mol. The Kier molecular flexibility index (Phi) is 7.60. The third-order valence-electron chi connectivity index (χ3n) is 5.03. The van der Waals surface area contributed by atoms with Crippen LogP contribution in [0.2, 0.25) is 18.1 Å². The summed E-state index contributed by atoms with van der Waals surface area (Å²) in [5.74, 6) is 1.51. The maximum atomic E-state index is 6.40. The summed E-state index contributed by atoms with van der Waals surface area (Å²) in [4.78, 5) is 2.38. The highest BCUT2D eigenvalue weighted by molar-refractivity contribution is 6.74. The number of methoxy groups -OCH3 is 2. The number of nitrogens with zero attached hydrogens (tertiary/aromatic N) is 1. The van der Waals surface area contributed by atoms with Gasteiger partial charge in [-0.15, -0.1) is 0 Å². The van der Waals surface area contributed by atoms with Gasteiger partial charge in [-0.05, 0) is 35.7 Å². The van der Waals surface area contributed by atoms with Crippen molar-refractivity contribution in [2.24, 2.45) is 5.41 Å². The number of hydrogen-bond donors (Lipinski definition) is 0. The van der Waals surface area contributed by atoms with E-state index in [0.29, 0.717) is 0 Å². The van der Waals surface area contributed by atoms with E-state index in [4.69, 9.17) is 13.9 Å². The lowest BCUT2D eigenvalue weighted by molar-refractivity contribution is 0.287. The minimum absolute atomic E-state index is 0.185. The fraction of sp³-hybridized carbons (Fsp3) is 0.714. The molecular weight excluding hydrogens is 342 g/mol. The molecule has 1 aromatic rings. The maximum absolute atomic E-state index is 6.40. The lowest BCUT2D eigenvalue weighted by atomic mass is 9.95. The van der Waals surface area contributed by atoms with Crippen LogP contribution in [0.15, 0.2) is 18.2 Å². The molecule has 0 bridgehead atoms. The molecule has 0 saturated heterocycles. The van der Waals surface area contributed by atoms with Crippen molar-refractivity contribution in [2.45, 2.75) is 59.7 Å². The third kappa shape index (κ3) is 6.51. The van der Waals surface area contributed by atoms with Crippen LogP contribution in [0.3, 0.4) is 0 Å². The Morgan fingerprint density at radius 1 is 0.923 bits per heavy atom. The second-order valence-electron chi connectivity index (χ2n) is 9.63. The van der Waals surface area contributed by atoms with Crippen LogP contribution in [0.1, 0.15) is 41.5 Å². The summed E-state index contributed by atoms with van der Waals surface area (Å²) in [5.41, 5.74) is 1.32. The molecule has 0 spiro atoms.